The minimum Gasteiger partial charge on any atom is -0.494 e. The maximum atomic E-state index is 13.8. The van der Waals surface area contributed by atoms with Crippen LogP contribution in [0.2, 0.25) is 0 Å². The number of nitrogens with one attached hydrogen (secondary N) is 1. The van der Waals surface area contributed by atoms with Gasteiger partial charge in [-0.15, -0.1) is 0 Å². The predicted octanol–water partition coefficient (Wildman–Crippen LogP) is 3.50. The number of methoxy groups -OCH3 is 1. The number of rotatable bonds is 4. The van der Waals surface area contributed by atoms with Crippen LogP contribution in [0.1, 0.15) is 26.3 Å². The SMILES string of the molecule is COc1ccc(NC(=O)CN2C(=O)COc3cc(C(C)(C)C)ccc32)cc1F. The number of ether oxygens (including phenoxy) is 2. The Hall–Kier alpha value is -3.09. The second-order valence-corrected chi connectivity index (χ2v) is 7.60. The molecule has 0 atom stereocenters. The Bertz CT molecular complexity index is 921. The zero-order chi connectivity index (χ0) is 20.5. The molecule has 1 N–H and O–H groups in total. The minimum absolute atomic E-state index is 0.0690. The molecule has 0 saturated carbocycles. The second-order valence-electron chi connectivity index (χ2n) is 7.60. The molecule has 28 heavy (non-hydrogen) atoms. The van der Waals surface area contributed by atoms with E-state index < -0.39 is 11.7 Å². The molecule has 1 heterocycles. The molecule has 1 aliphatic rings. The van der Waals surface area contributed by atoms with Crippen molar-refractivity contribution < 1.29 is 23.5 Å². The molecular weight excluding hydrogens is 363 g/mol. The highest BCUT2D eigenvalue weighted by atomic mass is 19.1. The number of amides is 2. The van der Waals surface area contributed by atoms with E-state index in [1.165, 1.54) is 30.2 Å². The van der Waals surface area contributed by atoms with Crippen molar-refractivity contribution in [1.29, 1.82) is 0 Å². The molecule has 148 valence electrons. The number of hydrogen-bond acceptors (Lipinski definition) is 4. The van der Waals surface area contributed by atoms with Crippen molar-refractivity contribution in [1.82, 2.24) is 0 Å². The van der Waals surface area contributed by atoms with Crippen LogP contribution in [0.25, 0.3) is 0 Å². The molecule has 0 radical (unpaired) electrons. The lowest BCUT2D eigenvalue weighted by Gasteiger charge is -2.30. The van der Waals surface area contributed by atoms with Gasteiger partial charge in [0.15, 0.2) is 18.2 Å². The molecule has 0 spiro atoms. The summed E-state index contributed by atoms with van der Waals surface area (Å²) >= 11 is 0. The largest absolute Gasteiger partial charge is 0.494 e. The van der Waals surface area contributed by atoms with Crippen LogP contribution in [0, 0.1) is 5.82 Å². The summed E-state index contributed by atoms with van der Waals surface area (Å²) in [5, 5.41) is 2.60. The van der Waals surface area contributed by atoms with E-state index in [0.29, 0.717) is 11.4 Å². The Morgan fingerprint density at radius 2 is 2.00 bits per heavy atom. The van der Waals surface area contributed by atoms with E-state index >= 15 is 0 Å². The highest BCUT2D eigenvalue weighted by Gasteiger charge is 2.28. The number of carbonyl (C=O) groups is 2. The molecule has 0 aliphatic carbocycles. The van der Waals surface area contributed by atoms with Gasteiger partial charge in [-0.3, -0.25) is 14.5 Å². The third kappa shape index (κ3) is 4.08. The summed E-state index contributed by atoms with van der Waals surface area (Å²) in [6.07, 6.45) is 0. The number of halogens is 1. The van der Waals surface area contributed by atoms with Crippen LogP contribution >= 0.6 is 0 Å². The van der Waals surface area contributed by atoms with Gasteiger partial charge in [0.25, 0.3) is 5.91 Å². The normalized spacial score (nSPS) is 13.6. The fourth-order valence-corrected chi connectivity index (χ4v) is 2.93. The standard InChI is InChI=1S/C21H23FN2O4/c1-21(2,3)13-5-7-16-18(9-13)28-12-20(26)24(16)11-19(25)23-14-6-8-17(27-4)15(22)10-14/h5-10H,11-12H2,1-4H3,(H,23,25). The summed E-state index contributed by atoms with van der Waals surface area (Å²) in [5.41, 5.74) is 1.83. The third-order valence-corrected chi connectivity index (χ3v) is 4.51. The molecule has 0 aromatic heterocycles. The maximum absolute atomic E-state index is 13.8. The Labute approximate surface area is 163 Å². The number of benzene rings is 2. The first kappa shape index (κ1) is 19.7. The Morgan fingerprint density at radius 1 is 1.25 bits per heavy atom. The molecule has 7 heteroatoms. The van der Waals surface area contributed by atoms with Crippen molar-refractivity contribution in [3.05, 3.63) is 47.8 Å². The zero-order valence-corrected chi connectivity index (χ0v) is 16.3. The van der Waals surface area contributed by atoms with Crippen LogP contribution in [0.4, 0.5) is 15.8 Å². The van der Waals surface area contributed by atoms with E-state index in [9.17, 15) is 14.0 Å². The fraction of sp³-hybridized carbons (Fsp3) is 0.333. The number of hydrogen-bond donors (Lipinski definition) is 1. The van der Waals surface area contributed by atoms with Crippen molar-refractivity contribution in [2.45, 2.75) is 26.2 Å². The minimum atomic E-state index is -0.581. The lowest BCUT2D eigenvalue weighted by atomic mass is 9.86. The highest BCUT2D eigenvalue weighted by Crippen LogP contribution is 2.36. The van der Waals surface area contributed by atoms with Gasteiger partial charge in [-0.1, -0.05) is 26.8 Å². The van der Waals surface area contributed by atoms with Crippen LogP contribution in [-0.4, -0.2) is 32.1 Å². The van der Waals surface area contributed by atoms with E-state index in [2.05, 4.69) is 26.1 Å². The second kappa shape index (κ2) is 7.50. The predicted molar refractivity (Wildman–Crippen MR) is 105 cm³/mol. The molecule has 0 fully saturated rings. The van der Waals surface area contributed by atoms with Gasteiger partial charge < -0.3 is 14.8 Å². The Balaban J connectivity index is 1.78. The van der Waals surface area contributed by atoms with Gasteiger partial charge in [0.05, 0.1) is 12.8 Å². The molecule has 0 saturated heterocycles. The van der Waals surface area contributed by atoms with Crippen LogP contribution in [-0.2, 0) is 15.0 Å². The third-order valence-electron chi connectivity index (χ3n) is 4.51. The van der Waals surface area contributed by atoms with Gasteiger partial charge >= 0.3 is 0 Å². The van der Waals surface area contributed by atoms with Crippen molar-refractivity contribution in [2.24, 2.45) is 0 Å². The Kier molecular flexibility index (Phi) is 5.27. The smallest absolute Gasteiger partial charge is 0.265 e. The average Bonchev–Trinajstić information content (AvgIpc) is 2.63. The first-order valence-electron chi connectivity index (χ1n) is 8.90. The lowest BCUT2D eigenvalue weighted by Crippen LogP contribution is -2.43. The van der Waals surface area contributed by atoms with Crippen LogP contribution in [0.3, 0.4) is 0 Å². The van der Waals surface area contributed by atoms with Gasteiger partial charge in [-0.2, -0.15) is 0 Å². The van der Waals surface area contributed by atoms with Gasteiger partial charge in [0.1, 0.15) is 12.3 Å². The van der Waals surface area contributed by atoms with E-state index in [1.807, 2.05) is 12.1 Å². The number of nitrogens with zero attached hydrogens (tertiary/aromatic N) is 1. The van der Waals surface area contributed by atoms with Crippen molar-refractivity contribution in [3.63, 3.8) is 0 Å². The fourth-order valence-electron chi connectivity index (χ4n) is 2.93. The molecule has 0 bridgehead atoms. The number of fused-ring (bicyclic) bond motifs is 1. The van der Waals surface area contributed by atoms with Gasteiger partial charge in [-0.25, -0.2) is 4.39 Å². The molecule has 1 aliphatic heterocycles. The van der Waals surface area contributed by atoms with Crippen LogP contribution in [0.15, 0.2) is 36.4 Å². The monoisotopic (exact) mass is 386 g/mol. The molecule has 2 aromatic rings. The van der Waals surface area contributed by atoms with E-state index in [-0.39, 0.29) is 35.9 Å². The summed E-state index contributed by atoms with van der Waals surface area (Å²) in [5.74, 6) is -0.680. The number of carbonyl (C=O) groups excluding carboxylic acids is 2. The molecular formula is C21H23FN2O4. The molecule has 2 amide bonds. The van der Waals surface area contributed by atoms with Crippen molar-refractivity contribution in [2.75, 3.05) is 30.5 Å². The van der Waals surface area contributed by atoms with Crippen LogP contribution < -0.4 is 19.7 Å². The quantitative estimate of drug-likeness (QED) is 0.873. The first-order chi connectivity index (χ1) is 13.2. The van der Waals surface area contributed by atoms with Gasteiger partial charge in [0.2, 0.25) is 5.91 Å². The highest BCUT2D eigenvalue weighted by molar-refractivity contribution is 6.05. The number of anilines is 2. The van der Waals surface area contributed by atoms with Crippen molar-refractivity contribution in [3.8, 4) is 11.5 Å². The summed E-state index contributed by atoms with van der Waals surface area (Å²) in [6.45, 7) is 5.93. The molecule has 0 unspecified atom stereocenters. The molecule has 2 aromatic carbocycles. The molecule has 3 rings (SSSR count). The average molecular weight is 386 g/mol. The topological polar surface area (TPSA) is 67.9 Å². The van der Waals surface area contributed by atoms with E-state index in [4.69, 9.17) is 9.47 Å². The first-order valence-corrected chi connectivity index (χ1v) is 8.90. The summed E-state index contributed by atoms with van der Waals surface area (Å²) in [6, 6.07) is 9.73. The van der Waals surface area contributed by atoms with E-state index in [0.717, 1.165) is 5.56 Å². The molecule has 6 nitrogen and oxygen atoms in total. The van der Waals surface area contributed by atoms with E-state index in [1.54, 1.807) is 6.07 Å². The summed E-state index contributed by atoms with van der Waals surface area (Å²) in [4.78, 5) is 26.1. The summed E-state index contributed by atoms with van der Waals surface area (Å²) in [7, 11) is 1.36. The van der Waals surface area contributed by atoms with Crippen molar-refractivity contribution >= 4 is 23.2 Å². The van der Waals surface area contributed by atoms with Gasteiger partial charge in [0, 0.05) is 11.8 Å². The van der Waals surface area contributed by atoms with Crippen LogP contribution in [0.5, 0.6) is 11.5 Å². The maximum Gasteiger partial charge on any atom is 0.265 e. The Morgan fingerprint density at radius 3 is 2.64 bits per heavy atom. The zero-order valence-electron chi connectivity index (χ0n) is 16.3. The van der Waals surface area contributed by atoms with Gasteiger partial charge in [-0.05, 0) is 35.2 Å². The lowest BCUT2D eigenvalue weighted by molar-refractivity contribution is -0.123. The summed E-state index contributed by atoms with van der Waals surface area (Å²) < 4.78 is 24.2.